The van der Waals surface area contributed by atoms with E-state index in [-0.39, 0.29) is 24.0 Å². The summed E-state index contributed by atoms with van der Waals surface area (Å²) in [5.74, 6) is 0.794. The Morgan fingerprint density at radius 3 is 2.47 bits per heavy atom. The van der Waals surface area contributed by atoms with Crippen molar-refractivity contribution in [2.24, 2.45) is 4.99 Å². The van der Waals surface area contributed by atoms with E-state index >= 15 is 0 Å². The molecule has 1 aliphatic rings. The number of aliphatic imine (C=N–C) groups is 1. The number of piperidine rings is 1. The topological polar surface area (TPSA) is 77.0 Å². The Bertz CT molecular complexity index is 753. The van der Waals surface area contributed by atoms with Gasteiger partial charge in [0.05, 0.1) is 11.4 Å². The lowest BCUT2D eigenvalue weighted by Crippen LogP contribution is -2.45. The summed E-state index contributed by atoms with van der Waals surface area (Å²) in [7, 11) is -0.323. The van der Waals surface area contributed by atoms with Crippen molar-refractivity contribution in [3.8, 4) is 0 Å². The van der Waals surface area contributed by atoms with Crippen LogP contribution in [0.25, 0.3) is 0 Å². The maximum Gasteiger partial charge on any atom is 0.242 e. The average Bonchev–Trinajstić information content (AvgIpc) is 2.72. The Morgan fingerprint density at radius 1 is 1.17 bits per heavy atom. The van der Waals surface area contributed by atoms with Crippen LogP contribution in [-0.2, 0) is 16.6 Å². The van der Waals surface area contributed by atoms with Gasteiger partial charge in [-0.2, -0.15) is 0 Å². The van der Waals surface area contributed by atoms with Crippen LogP contribution in [0.3, 0.4) is 0 Å². The molecular formula is C21H38IN5O2S. The van der Waals surface area contributed by atoms with Gasteiger partial charge in [0, 0.05) is 39.8 Å². The fourth-order valence-corrected chi connectivity index (χ4v) is 4.53. The second kappa shape index (κ2) is 13.5. The number of likely N-dealkylation sites (tertiary alicyclic amines) is 1. The van der Waals surface area contributed by atoms with Crippen LogP contribution in [0.1, 0.15) is 45.1 Å². The molecule has 9 heteroatoms. The van der Waals surface area contributed by atoms with Crippen LogP contribution in [0.2, 0.25) is 0 Å². The quantitative estimate of drug-likeness (QED) is 0.281. The molecule has 0 radical (unpaired) electrons. The Kier molecular flexibility index (Phi) is 12.2. The smallest absolute Gasteiger partial charge is 0.242 e. The van der Waals surface area contributed by atoms with Gasteiger partial charge in [-0.1, -0.05) is 25.5 Å². The van der Waals surface area contributed by atoms with E-state index in [0.29, 0.717) is 17.5 Å². The largest absolute Gasteiger partial charge is 0.357 e. The van der Waals surface area contributed by atoms with Crippen LogP contribution in [0.4, 0.5) is 0 Å². The molecule has 1 heterocycles. The van der Waals surface area contributed by atoms with Crippen molar-refractivity contribution in [3.05, 3.63) is 29.8 Å². The van der Waals surface area contributed by atoms with Gasteiger partial charge in [0.25, 0.3) is 0 Å². The number of rotatable bonds is 9. The van der Waals surface area contributed by atoms with Crippen LogP contribution in [0, 0.1) is 0 Å². The molecule has 1 fully saturated rings. The summed E-state index contributed by atoms with van der Waals surface area (Å²) in [5, 5.41) is 6.71. The van der Waals surface area contributed by atoms with Gasteiger partial charge in [0.1, 0.15) is 0 Å². The highest BCUT2D eigenvalue weighted by Crippen LogP contribution is 2.18. The van der Waals surface area contributed by atoms with Crippen molar-refractivity contribution in [2.75, 3.05) is 40.3 Å². The highest BCUT2D eigenvalue weighted by Gasteiger charge is 2.20. The Balaban J connectivity index is 0.00000450. The van der Waals surface area contributed by atoms with E-state index in [2.05, 4.69) is 34.4 Å². The third kappa shape index (κ3) is 7.97. The predicted octanol–water partition coefficient (Wildman–Crippen LogP) is 2.87. The zero-order chi connectivity index (χ0) is 21.3. The van der Waals surface area contributed by atoms with Gasteiger partial charge in [-0.25, -0.2) is 17.7 Å². The van der Waals surface area contributed by atoms with Crippen LogP contribution < -0.4 is 10.6 Å². The zero-order valence-corrected chi connectivity index (χ0v) is 21.9. The molecule has 1 saturated heterocycles. The Labute approximate surface area is 199 Å². The number of sulfonamides is 1. The third-order valence-corrected chi connectivity index (χ3v) is 7.21. The minimum Gasteiger partial charge on any atom is -0.357 e. The molecule has 1 aliphatic heterocycles. The SMILES string of the molecule is CCNC(=NCc1ccc(S(=O)(=O)N(C)C)cc1)NCCN1CCCCC1CC.I. The molecule has 1 unspecified atom stereocenters. The molecule has 1 aromatic carbocycles. The Hall–Kier alpha value is -0.910. The first-order valence-electron chi connectivity index (χ1n) is 10.7. The van der Waals surface area contributed by atoms with E-state index in [0.717, 1.165) is 31.2 Å². The summed E-state index contributed by atoms with van der Waals surface area (Å²) in [5.41, 5.74) is 0.974. The van der Waals surface area contributed by atoms with Crippen molar-refractivity contribution < 1.29 is 8.42 Å². The molecule has 0 aliphatic carbocycles. The van der Waals surface area contributed by atoms with Crippen LogP contribution in [0.5, 0.6) is 0 Å². The van der Waals surface area contributed by atoms with E-state index in [1.54, 1.807) is 12.1 Å². The monoisotopic (exact) mass is 551 g/mol. The lowest BCUT2D eigenvalue weighted by molar-refractivity contribution is 0.147. The van der Waals surface area contributed by atoms with Crippen molar-refractivity contribution in [1.82, 2.24) is 19.8 Å². The predicted molar refractivity (Wildman–Crippen MR) is 135 cm³/mol. The minimum absolute atomic E-state index is 0. The van der Waals surface area contributed by atoms with Crippen molar-refractivity contribution in [2.45, 2.75) is 57.0 Å². The molecule has 1 atom stereocenters. The first-order chi connectivity index (χ1) is 13.9. The number of nitrogens with zero attached hydrogens (tertiary/aromatic N) is 3. The molecule has 0 amide bonds. The first-order valence-corrected chi connectivity index (χ1v) is 12.1. The number of hydrogen-bond donors (Lipinski definition) is 2. The fourth-order valence-electron chi connectivity index (χ4n) is 3.62. The number of nitrogens with one attached hydrogen (secondary N) is 2. The second-order valence-corrected chi connectivity index (χ2v) is 9.80. The van der Waals surface area contributed by atoms with Gasteiger partial charge in [-0.05, 0) is 50.4 Å². The Morgan fingerprint density at radius 2 is 1.87 bits per heavy atom. The molecule has 172 valence electrons. The number of hydrogen-bond acceptors (Lipinski definition) is 4. The van der Waals surface area contributed by atoms with Crippen LogP contribution >= 0.6 is 24.0 Å². The molecule has 1 aromatic rings. The maximum atomic E-state index is 12.2. The second-order valence-electron chi connectivity index (χ2n) is 7.65. The van der Waals surface area contributed by atoms with E-state index in [1.165, 1.54) is 50.6 Å². The van der Waals surface area contributed by atoms with Crippen LogP contribution in [0.15, 0.2) is 34.2 Å². The molecule has 2 N–H and O–H groups in total. The minimum atomic E-state index is -3.39. The van der Waals surface area contributed by atoms with Gasteiger partial charge >= 0.3 is 0 Å². The van der Waals surface area contributed by atoms with E-state index < -0.39 is 10.0 Å². The van der Waals surface area contributed by atoms with Gasteiger partial charge in [-0.15, -0.1) is 24.0 Å². The molecule has 2 rings (SSSR count). The van der Waals surface area contributed by atoms with Gasteiger partial charge in [0.15, 0.2) is 5.96 Å². The van der Waals surface area contributed by atoms with E-state index in [1.807, 2.05) is 12.1 Å². The van der Waals surface area contributed by atoms with Gasteiger partial charge in [0.2, 0.25) is 10.0 Å². The molecular weight excluding hydrogens is 513 g/mol. The van der Waals surface area contributed by atoms with E-state index in [4.69, 9.17) is 0 Å². The number of halogens is 1. The summed E-state index contributed by atoms with van der Waals surface area (Å²) >= 11 is 0. The summed E-state index contributed by atoms with van der Waals surface area (Å²) in [6, 6.07) is 7.64. The highest BCUT2D eigenvalue weighted by atomic mass is 127. The maximum absolute atomic E-state index is 12.2. The average molecular weight is 552 g/mol. The van der Waals surface area contributed by atoms with Gasteiger partial charge in [-0.3, -0.25) is 4.90 Å². The van der Waals surface area contributed by atoms with Crippen molar-refractivity contribution in [3.63, 3.8) is 0 Å². The highest BCUT2D eigenvalue weighted by molar-refractivity contribution is 14.0. The molecule has 0 aromatic heterocycles. The van der Waals surface area contributed by atoms with Crippen LogP contribution in [-0.4, -0.2) is 69.9 Å². The normalized spacial score (nSPS) is 18.2. The summed E-state index contributed by atoms with van der Waals surface area (Å²) in [4.78, 5) is 7.53. The fraction of sp³-hybridized carbons (Fsp3) is 0.667. The van der Waals surface area contributed by atoms with Gasteiger partial charge < -0.3 is 10.6 Å². The van der Waals surface area contributed by atoms with Crippen molar-refractivity contribution >= 4 is 40.0 Å². The first kappa shape index (κ1) is 27.1. The molecule has 0 spiro atoms. The summed E-state index contributed by atoms with van der Waals surface area (Å²) in [6.45, 7) is 8.71. The standard InChI is InChI=1S/C21H37N5O2S.HI/c1-5-19-9-7-8-15-26(19)16-14-23-21(22-6-2)24-17-18-10-12-20(13-11-18)29(27,28)25(3)4;/h10-13,19H,5-9,14-17H2,1-4H3,(H2,22,23,24);1H. The molecule has 30 heavy (non-hydrogen) atoms. The number of guanidine groups is 1. The molecule has 7 nitrogen and oxygen atoms in total. The lowest BCUT2D eigenvalue weighted by atomic mass is 10.0. The summed E-state index contributed by atoms with van der Waals surface area (Å²) < 4.78 is 25.5. The third-order valence-electron chi connectivity index (χ3n) is 5.38. The van der Waals surface area contributed by atoms with Crippen molar-refractivity contribution in [1.29, 1.82) is 0 Å². The van der Waals surface area contributed by atoms with E-state index in [9.17, 15) is 8.42 Å². The number of benzene rings is 1. The molecule has 0 saturated carbocycles. The lowest BCUT2D eigenvalue weighted by Gasteiger charge is -2.35. The molecule has 0 bridgehead atoms. The zero-order valence-electron chi connectivity index (χ0n) is 18.7. The summed E-state index contributed by atoms with van der Waals surface area (Å²) in [6.07, 6.45) is 5.17.